The molecule has 5 heteroatoms. The number of aliphatic hydroxyl groups excluding tert-OH is 2. The molecule has 2 unspecified atom stereocenters. The fourth-order valence-corrected chi connectivity index (χ4v) is 1.45. The molecule has 0 spiro atoms. The maximum Gasteiger partial charge on any atom is 0.224 e. The molecular weight excluding hydrogens is 184 g/mol. The topological polar surface area (TPSA) is 64.0 Å². The quantitative estimate of drug-likeness (QED) is 0.585. The molecule has 0 aromatic carbocycles. The number of amides is 1. The van der Waals surface area contributed by atoms with Crippen molar-refractivity contribution in [1.29, 1.82) is 0 Å². The highest BCUT2D eigenvalue weighted by Crippen LogP contribution is 2.10. The standard InChI is InChI=1S/C9H18N2O3/c1-10(2)4-3-9(14)11-5-7(12)8(13)6-11/h7-8,12-13H,3-6H2,1-2H3. The average Bonchev–Trinajstić information content (AvgIpc) is 2.43. The van der Waals surface area contributed by atoms with Gasteiger partial charge in [-0.1, -0.05) is 0 Å². The first-order chi connectivity index (χ1) is 6.50. The number of hydrogen-bond acceptors (Lipinski definition) is 4. The van der Waals surface area contributed by atoms with Gasteiger partial charge in [0.2, 0.25) is 5.91 Å². The van der Waals surface area contributed by atoms with Crippen LogP contribution in [0.3, 0.4) is 0 Å². The Morgan fingerprint density at radius 2 is 1.86 bits per heavy atom. The van der Waals surface area contributed by atoms with Gasteiger partial charge >= 0.3 is 0 Å². The van der Waals surface area contributed by atoms with Crippen molar-refractivity contribution in [2.45, 2.75) is 18.6 Å². The summed E-state index contributed by atoms with van der Waals surface area (Å²) in [6.45, 7) is 1.21. The fourth-order valence-electron chi connectivity index (χ4n) is 1.45. The highest BCUT2D eigenvalue weighted by atomic mass is 16.3. The van der Waals surface area contributed by atoms with Crippen molar-refractivity contribution in [3.63, 3.8) is 0 Å². The van der Waals surface area contributed by atoms with Crippen LogP contribution in [0.4, 0.5) is 0 Å². The van der Waals surface area contributed by atoms with E-state index < -0.39 is 12.2 Å². The maximum absolute atomic E-state index is 11.5. The smallest absolute Gasteiger partial charge is 0.224 e. The minimum Gasteiger partial charge on any atom is -0.388 e. The zero-order valence-corrected chi connectivity index (χ0v) is 8.68. The number of hydrogen-bond donors (Lipinski definition) is 2. The van der Waals surface area contributed by atoms with Crippen LogP contribution in [-0.2, 0) is 4.79 Å². The third-order valence-electron chi connectivity index (χ3n) is 2.38. The van der Waals surface area contributed by atoms with E-state index in [0.717, 1.165) is 0 Å². The van der Waals surface area contributed by atoms with E-state index in [1.165, 1.54) is 4.90 Å². The molecule has 0 aromatic heterocycles. The molecule has 1 rings (SSSR count). The van der Waals surface area contributed by atoms with Crippen molar-refractivity contribution < 1.29 is 15.0 Å². The minimum atomic E-state index is -0.779. The van der Waals surface area contributed by atoms with E-state index in [4.69, 9.17) is 0 Å². The summed E-state index contributed by atoms with van der Waals surface area (Å²) >= 11 is 0. The van der Waals surface area contributed by atoms with Crippen LogP contribution >= 0.6 is 0 Å². The van der Waals surface area contributed by atoms with Gasteiger partial charge in [0.1, 0.15) is 0 Å². The summed E-state index contributed by atoms with van der Waals surface area (Å²) in [6, 6.07) is 0. The molecule has 5 nitrogen and oxygen atoms in total. The Morgan fingerprint density at radius 1 is 1.36 bits per heavy atom. The summed E-state index contributed by atoms with van der Waals surface area (Å²) in [7, 11) is 3.81. The Kier molecular flexibility index (Phi) is 3.86. The molecule has 82 valence electrons. The van der Waals surface area contributed by atoms with Crippen LogP contribution in [0.25, 0.3) is 0 Å². The van der Waals surface area contributed by atoms with Crippen LogP contribution in [0.2, 0.25) is 0 Å². The second kappa shape index (κ2) is 4.72. The first kappa shape index (κ1) is 11.4. The Labute approximate surface area is 83.9 Å². The molecular formula is C9H18N2O3. The van der Waals surface area contributed by atoms with Crippen LogP contribution in [0.1, 0.15) is 6.42 Å². The average molecular weight is 202 g/mol. The van der Waals surface area contributed by atoms with E-state index in [1.54, 1.807) is 0 Å². The van der Waals surface area contributed by atoms with E-state index >= 15 is 0 Å². The van der Waals surface area contributed by atoms with Gasteiger partial charge in [-0.2, -0.15) is 0 Å². The van der Waals surface area contributed by atoms with Gasteiger partial charge in [0.05, 0.1) is 12.2 Å². The van der Waals surface area contributed by atoms with E-state index in [0.29, 0.717) is 13.0 Å². The highest BCUT2D eigenvalue weighted by Gasteiger charge is 2.31. The lowest BCUT2D eigenvalue weighted by Crippen LogP contribution is -2.32. The van der Waals surface area contributed by atoms with E-state index in [-0.39, 0.29) is 19.0 Å². The van der Waals surface area contributed by atoms with Crippen molar-refractivity contribution in [1.82, 2.24) is 9.80 Å². The Morgan fingerprint density at radius 3 is 2.29 bits per heavy atom. The zero-order valence-electron chi connectivity index (χ0n) is 8.68. The number of β-amino-alcohol motifs (C(OH)–C–C–N with tert-alkyl or cyclic N) is 2. The minimum absolute atomic E-state index is 0.00528. The van der Waals surface area contributed by atoms with Gasteiger partial charge in [-0.15, -0.1) is 0 Å². The molecule has 0 saturated carbocycles. The Hall–Kier alpha value is -0.650. The van der Waals surface area contributed by atoms with Gasteiger partial charge in [-0.05, 0) is 14.1 Å². The molecule has 1 aliphatic heterocycles. The molecule has 0 aromatic rings. The molecule has 2 N–H and O–H groups in total. The molecule has 1 aliphatic rings. The monoisotopic (exact) mass is 202 g/mol. The van der Waals surface area contributed by atoms with Crippen LogP contribution < -0.4 is 0 Å². The van der Waals surface area contributed by atoms with Gasteiger partial charge in [0.15, 0.2) is 0 Å². The van der Waals surface area contributed by atoms with Crippen molar-refractivity contribution >= 4 is 5.91 Å². The lowest BCUT2D eigenvalue weighted by Gasteiger charge is -2.16. The summed E-state index contributed by atoms with van der Waals surface area (Å²) in [5.41, 5.74) is 0. The lowest BCUT2D eigenvalue weighted by atomic mass is 10.3. The largest absolute Gasteiger partial charge is 0.388 e. The van der Waals surface area contributed by atoms with Crippen molar-refractivity contribution in [2.75, 3.05) is 33.7 Å². The van der Waals surface area contributed by atoms with Crippen molar-refractivity contribution in [2.24, 2.45) is 0 Å². The van der Waals surface area contributed by atoms with Gasteiger partial charge < -0.3 is 20.0 Å². The number of carbonyl (C=O) groups is 1. The number of carbonyl (C=O) groups excluding carboxylic acids is 1. The third-order valence-corrected chi connectivity index (χ3v) is 2.38. The van der Waals surface area contributed by atoms with Crippen LogP contribution in [0, 0.1) is 0 Å². The molecule has 0 aliphatic carbocycles. The van der Waals surface area contributed by atoms with Gasteiger partial charge in [-0.25, -0.2) is 0 Å². The second-order valence-corrected chi connectivity index (χ2v) is 3.99. The molecule has 14 heavy (non-hydrogen) atoms. The van der Waals surface area contributed by atoms with E-state index in [9.17, 15) is 15.0 Å². The predicted octanol–water partition coefficient (Wildman–Crippen LogP) is -1.50. The highest BCUT2D eigenvalue weighted by molar-refractivity contribution is 5.76. The first-order valence-electron chi connectivity index (χ1n) is 4.79. The Balaban J connectivity index is 2.32. The molecule has 2 atom stereocenters. The molecule has 0 radical (unpaired) electrons. The number of nitrogens with zero attached hydrogens (tertiary/aromatic N) is 2. The van der Waals surface area contributed by atoms with Crippen LogP contribution in [0.15, 0.2) is 0 Å². The van der Waals surface area contributed by atoms with E-state index in [1.807, 2.05) is 19.0 Å². The number of rotatable bonds is 3. The normalized spacial score (nSPS) is 27.4. The fraction of sp³-hybridized carbons (Fsp3) is 0.889. The van der Waals surface area contributed by atoms with Crippen molar-refractivity contribution in [3.8, 4) is 0 Å². The van der Waals surface area contributed by atoms with Crippen molar-refractivity contribution in [3.05, 3.63) is 0 Å². The maximum atomic E-state index is 11.5. The summed E-state index contributed by atoms with van der Waals surface area (Å²) in [5, 5.41) is 18.5. The third kappa shape index (κ3) is 2.94. The molecule has 1 fully saturated rings. The molecule has 0 bridgehead atoms. The SMILES string of the molecule is CN(C)CCC(=O)N1CC(O)C(O)C1. The van der Waals surface area contributed by atoms with Crippen LogP contribution in [-0.4, -0.2) is 71.9 Å². The Bertz CT molecular complexity index is 198. The molecule has 1 amide bonds. The predicted molar refractivity (Wildman–Crippen MR) is 51.8 cm³/mol. The van der Waals surface area contributed by atoms with Crippen LogP contribution in [0.5, 0.6) is 0 Å². The van der Waals surface area contributed by atoms with E-state index in [2.05, 4.69) is 0 Å². The summed E-state index contributed by atoms with van der Waals surface area (Å²) in [4.78, 5) is 15.0. The van der Waals surface area contributed by atoms with Gasteiger partial charge in [0.25, 0.3) is 0 Å². The lowest BCUT2D eigenvalue weighted by molar-refractivity contribution is -0.130. The summed E-state index contributed by atoms with van der Waals surface area (Å²) in [6.07, 6.45) is -1.12. The van der Waals surface area contributed by atoms with Gasteiger partial charge in [0, 0.05) is 26.1 Å². The zero-order chi connectivity index (χ0) is 10.7. The second-order valence-electron chi connectivity index (χ2n) is 3.99. The molecule has 1 saturated heterocycles. The summed E-state index contributed by atoms with van der Waals surface area (Å²) in [5.74, 6) is -0.00528. The van der Waals surface area contributed by atoms with Gasteiger partial charge in [-0.3, -0.25) is 4.79 Å². The number of aliphatic hydroxyl groups is 2. The first-order valence-corrected chi connectivity index (χ1v) is 4.79. The summed E-state index contributed by atoms with van der Waals surface area (Å²) < 4.78 is 0. The number of likely N-dealkylation sites (tertiary alicyclic amines) is 1. The molecule has 1 heterocycles.